The Hall–Kier alpha value is -3.44. The van der Waals surface area contributed by atoms with Crippen molar-refractivity contribution in [3.05, 3.63) is 36.0 Å². The fourth-order valence-electron chi connectivity index (χ4n) is 3.91. The maximum Gasteiger partial charge on any atom is 0.302 e. The number of hydrogen-bond donors (Lipinski definition) is 6. The van der Waals surface area contributed by atoms with E-state index in [1.54, 1.807) is 6.20 Å². The second-order valence-electron chi connectivity index (χ2n) is 8.18. The van der Waals surface area contributed by atoms with E-state index in [-0.39, 0.29) is 12.8 Å². The molecule has 7 N–H and O–H groups in total. The van der Waals surface area contributed by atoms with Crippen LogP contribution < -0.4 is 21.7 Å². The summed E-state index contributed by atoms with van der Waals surface area (Å²) in [5.41, 5.74) is 6.96. The number of ether oxygens (including phenoxy) is 1. The molecule has 11 nitrogen and oxygen atoms in total. The average molecular weight is 460 g/mol. The van der Waals surface area contributed by atoms with Crippen LogP contribution in [0.3, 0.4) is 0 Å². The molecule has 3 amide bonds. The molecule has 33 heavy (non-hydrogen) atoms. The molecule has 3 unspecified atom stereocenters. The van der Waals surface area contributed by atoms with Crippen molar-refractivity contribution < 1.29 is 29.0 Å². The number of hydrogen-bond acceptors (Lipinski definition) is 7. The van der Waals surface area contributed by atoms with Crippen molar-refractivity contribution in [3.63, 3.8) is 0 Å². The summed E-state index contributed by atoms with van der Waals surface area (Å²) in [4.78, 5) is 51.9. The van der Waals surface area contributed by atoms with E-state index in [1.165, 1.54) is 13.8 Å². The second-order valence-corrected chi connectivity index (χ2v) is 8.18. The molecular formula is C22H29N5O6. The number of aliphatic hydroxyl groups excluding tert-OH is 1. The van der Waals surface area contributed by atoms with Gasteiger partial charge in [-0.25, -0.2) is 0 Å². The summed E-state index contributed by atoms with van der Waals surface area (Å²) in [6.45, 7) is 2.95. The molecule has 5 atom stereocenters. The molecule has 0 spiro atoms. The number of nitrogens with two attached hydrogens (primary N) is 1. The first kappa shape index (κ1) is 24.2. The van der Waals surface area contributed by atoms with Gasteiger partial charge < -0.3 is 36.5 Å². The first-order valence-corrected chi connectivity index (χ1v) is 10.7. The number of fused-ring (bicyclic) bond motifs is 1. The molecule has 0 radical (unpaired) electrons. The Bertz CT molecular complexity index is 1040. The number of carbonyl (C=O) groups excluding carboxylic acids is 4. The van der Waals surface area contributed by atoms with Gasteiger partial charge in [0.1, 0.15) is 18.2 Å². The van der Waals surface area contributed by atoms with E-state index in [9.17, 15) is 24.3 Å². The first-order chi connectivity index (χ1) is 15.7. The number of aliphatic hydroxyl groups is 1. The third-order valence-electron chi connectivity index (χ3n) is 5.56. The third kappa shape index (κ3) is 6.08. The number of nitrogens with one attached hydrogen (secondary N) is 4. The van der Waals surface area contributed by atoms with Gasteiger partial charge in [-0.3, -0.25) is 19.2 Å². The Kier molecular flexibility index (Phi) is 7.67. The highest BCUT2D eigenvalue weighted by atomic mass is 16.5. The number of carbonyl (C=O) groups is 4. The molecule has 1 aliphatic heterocycles. The lowest BCUT2D eigenvalue weighted by atomic mass is 10.0. The molecule has 3 rings (SSSR count). The molecule has 2 aromatic rings. The fraction of sp³-hybridized carbons (Fsp3) is 0.455. The molecular weight excluding hydrogens is 430 g/mol. The Morgan fingerprint density at radius 2 is 1.97 bits per heavy atom. The maximum absolute atomic E-state index is 13.0. The van der Waals surface area contributed by atoms with Crippen molar-refractivity contribution in [1.82, 2.24) is 20.9 Å². The number of primary amides is 1. The number of para-hydroxylation sites is 1. The van der Waals surface area contributed by atoms with Crippen molar-refractivity contribution in [2.24, 2.45) is 5.73 Å². The van der Waals surface area contributed by atoms with E-state index in [4.69, 9.17) is 10.5 Å². The monoisotopic (exact) mass is 459 g/mol. The van der Waals surface area contributed by atoms with Gasteiger partial charge in [-0.1, -0.05) is 18.2 Å². The van der Waals surface area contributed by atoms with Crippen LogP contribution in [0.4, 0.5) is 0 Å². The van der Waals surface area contributed by atoms with Crippen LogP contribution in [-0.2, 0) is 30.3 Å². The highest BCUT2D eigenvalue weighted by Crippen LogP contribution is 2.20. The van der Waals surface area contributed by atoms with E-state index in [0.717, 1.165) is 16.5 Å². The fourth-order valence-corrected chi connectivity index (χ4v) is 3.91. The van der Waals surface area contributed by atoms with Crippen molar-refractivity contribution in [3.8, 4) is 0 Å². The quantitative estimate of drug-likeness (QED) is 0.256. The SMILES string of the molecule is CC(=O)OC1CNC(C(=O)NC(Cc2c[nH]c3ccccc23)C(=O)N[C@H](C(N)=O)[C@@H](C)O)C1. The van der Waals surface area contributed by atoms with Crippen LogP contribution in [0.15, 0.2) is 30.5 Å². The topological polar surface area (TPSA) is 176 Å². The number of H-pyrrole nitrogens is 1. The standard InChI is InChI=1S/C22H29N5O6/c1-11(28)19(20(23)30)27-22(32)18(7-13-9-24-16-6-4-3-5-15(13)16)26-21(31)17-8-14(10-25-17)33-12(2)29/h3-6,9,11,14,17-19,24-25,28H,7-8,10H2,1-2H3,(H2,23,30)(H,26,31)(H,27,32)/t11-,14?,17?,18?,19+/m1/s1. The zero-order valence-electron chi connectivity index (χ0n) is 18.5. The van der Waals surface area contributed by atoms with Gasteiger partial charge >= 0.3 is 5.97 Å². The lowest BCUT2D eigenvalue weighted by molar-refractivity contribution is -0.145. The lowest BCUT2D eigenvalue weighted by Gasteiger charge is -2.24. The first-order valence-electron chi connectivity index (χ1n) is 10.7. The van der Waals surface area contributed by atoms with E-state index < -0.39 is 54.0 Å². The second kappa shape index (κ2) is 10.5. The molecule has 178 valence electrons. The van der Waals surface area contributed by atoms with Gasteiger partial charge in [0.2, 0.25) is 17.7 Å². The van der Waals surface area contributed by atoms with Gasteiger partial charge in [0.25, 0.3) is 0 Å². The summed E-state index contributed by atoms with van der Waals surface area (Å²) in [5, 5.41) is 18.8. The van der Waals surface area contributed by atoms with Crippen molar-refractivity contribution in [1.29, 1.82) is 0 Å². The number of rotatable bonds is 9. The molecule has 1 saturated heterocycles. The summed E-state index contributed by atoms with van der Waals surface area (Å²) in [6.07, 6.45) is 0.504. The van der Waals surface area contributed by atoms with Crippen LogP contribution in [0.2, 0.25) is 0 Å². The molecule has 0 bridgehead atoms. The van der Waals surface area contributed by atoms with Gasteiger partial charge in [-0.15, -0.1) is 0 Å². The van der Waals surface area contributed by atoms with Gasteiger partial charge in [-0.05, 0) is 18.6 Å². The minimum Gasteiger partial charge on any atom is -0.461 e. The summed E-state index contributed by atoms with van der Waals surface area (Å²) in [5.74, 6) is -2.43. The van der Waals surface area contributed by atoms with Gasteiger partial charge in [0.05, 0.1) is 12.1 Å². The molecule has 1 aromatic carbocycles. The van der Waals surface area contributed by atoms with Crippen molar-refractivity contribution in [2.75, 3.05) is 6.54 Å². The Labute approximate surface area is 190 Å². The van der Waals surface area contributed by atoms with E-state index in [0.29, 0.717) is 6.54 Å². The number of aromatic nitrogens is 1. The van der Waals surface area contributed by atoms with E-state index in [1.807, 2.05) is 24.3 Å². The van der Waals surface area contributed by atoms with Crippen molar-refractivity contribution >= 4 is 34.6 Å². The maximum atomic E-state index is 13.0. The zero-order valence-corrected chi connectivity index (χ0v) is 18.5. The number of benzene rings is 1. The lowest BCUT2D eigenvalue weighted by Crippen LogP contribution is -2.58. The molecule has 0 saturated carbocycles. The van der Waals surface area contributed by atoms with Crippen LogP contribution >= 0.6 is 0 Å². The number of aromatic amines is 1. The van der Waals surface area contributed by atoms with Crippen LogP contribution in [0, 0.1) is 0 Å². The van der Waals surface area contributed by atoms with Gasteiger partial charge in [0, 0.05) is 43.4 Å². The van der Waals surface area contributed by atoms with Crippen LogP contribution in [0.25, 0.3) is 10.9 Å². The van der Waals surface area contributed by atoms with Gasteiger partial charge in [0.15, 0.2) is 0 Å². The normalized spacial score (nSPS) is 20.6. The summed E-state index contributed by atoms with van der Waals surface area (Å²) in [7, 11) is 0. The number of amides is 3. The molecule has 0 aliphatic carbocycles. The minimum atomic E-state index is -1.31. The largest absolute Gasteiger partial charge is 0.461 e. The van der Waals surface area contributed by atoms with Crippen LogP contribution in [0.1, 0.15) is 25.8 Å². The summed E-state index contributed by atoms with van der Waals surface area (Å²) < 4.78 is 5.14. The molecule has 2 heterocycles. The predicted octanol–water partition coefficient (Wildman–Crippen LogP) is -1.16. The third-order valence-corrected chi connectivity index (χ3v) is 5.56. The smallest absolute Gasteiger partial charge is 0.302 e. The van der Waals surface area contributed by atoms with E-state index >= 15 is 0 Å². The van der Waals surface area contributed by atoms with E-state index in [2.05, 4.69) is 20.9 Å². The number of esters is 1. The Morgan fingerprint density at radius 3 is 2.64 bits per heavy atom. The summed E-state index contributed by atoms with van der Waals surface area (Å²) in [6, 6.07) is 4.51. The molecule has 1 aliphatic rings. The van der Waals surface area contributed by atoms with Crippen molar-refractivity contribution in [2.45, 2.75) is 57.0 Å². The summed E-state index contributed by atoms with van der Waals surface area (Å²) >= 11 is 0. The predicted molar refractivity (Wildman–Crippen MR) is 119 cm³/mol. The Balaban J connectivity index is 1.77. The highest BCUT2D eigenvalue weighted by molar-refractivity contribution is 5.94. The Morgan fingerprint density at radius 1 is 1.24 bits per heavy atom. The highest BCUT2D eigenvalue weighted by Gasteiger charge is 2.34. The molecule has 11 heteroatoms. The zero-order chi connectivity index (χ0) is 24.1. The molecule has 1 fully saturated rings. The minimum absolute atomic E-state index is 0.132. The van der Waals surface area contributed by atoms with Crippen LogP contribution in [-0.4, -0.2) is 70.7 Å². The van der Waals surface area contributed by atoms with Gasteiger partial charge in [-0.2, -0.15) is 0 Å². The van der Waals surface area contributed by atoms with Crippen LogP contribution in [0.5, 0.6) is 0 Å². The average Bonchev–Trinajstić information content (AvgIpc) is 3.37. The molecule has 1 aromatic heterocycles.